The van der Waals surface area contributed by atoms with Crippen LogP contribution in [-0.2, 0) is 20.0 Å². The summed E-state index contributed by atoms with van der Waals surface area (Å²) in [6.07, 6.45) is 0. The average Bonchev–Trinajstić information content (AvgIpc) is 2.62. The van der Waals surface area contributed by atoms with Crippen LogP contribution in [0, 0.1) is 0 Å². The molecule has 0 aliphatic carbocycles. The summed E-state index contributed by atoms with van der Waals surface area (Å²) in [5, 5.41) is 18.0. The molecule has 5 N–H and O–H groups in total. The molecule has 9 nitrogen and oxygen atoms in total. The molecule has 0 atom stereocenters. The van der Waals surface area contributed by atoms with E-state index in [0.29, 0.717) is 5.69 Å². The van der Waals surface area contributed by atoms with Crippen LogP contribution in [0.5, 0.6) is 0 Å². The molecule has 0 spiro atoms. The zero-order valence-electron chi connectivity index (χ0n) is 14.3. The number of nitrogens with zero attached hydrogens (tertiary/aromatic N) is 1. The molecule has 27 heavy (non-hydrogen) atoms. The van der Waals surface area contributed by atoms with E-state index in [4.69, 9.17) is 15.9 Å². The highest BCUT2D eigenvalue weighted by Crippen LogP contribution is 2.21. The molecule has 0 amide bonds. The maximum Gasteiger partial charge on any atom is 0.261 e. The fourth-order valence-corrected chi connectivity index (χ4v) is 4.76. The van der Waals surface area contributed by atoms with Crippen molar-refractivity contribution >= 4 is 31.4 Å². The molecule has 0 aromatic heterocycles. The lowest BCUT2D eigenvalue weighted by Gasteiger charge is -2.20. The maximum absolute atomic E-state index is 12.5. The van der Waals surface area contributed by atoms with Crippen LogP contribution in [0.2, 0.25) is 0 Å². The molecule has 0 aliphatic rings. The minimum absolute atomic E-state index is 0.0189. The van der Waals surface area contributed by atoms with Gasteiger partial charge < -0.3 is 15.9 Å². The Bertz CT molecular complexity index is 952. The van der Waals surface area contributed by atoms with Crippen LogP contribution in [-0.4, -0.2) is 57.7 Å². The molecule has 0 saturated carbocycles. The van der Waals surface area contributed by atoms with Crippen molar-refractivity contribution in [2.24, 2.45) is 0 Å². The van der Waals surface area contributed by atoms with Gasteiger partial charge in [0.1, 0.15) is 0 Å². The molecule has 2 aromatic rings. The number of nitrogens with one attached hydrogen (secondary N) is 1. The molecule has 2 rings (SSSR count). The van der Waals surface area contributed by atoms with E-state index in [0.717, 1.165) is 4.31 Å². The van der Waals surface area contributed by atoms with Crippen LogP contribution >= 0.6 is 0 Å². The summed E-state index contributed by atoms with van der Waals surface area (Å²) < 4.78 is 53.0. The fraction of sp³-hybridized carbons (Fsp3) is 0.250. The average molecular weight is 415 g/mol. The monoisotopic (exact) mass is 415 g/mol. The molecule has 2 aromatic carbocycles. The van der Waals surface area contributed by atoms with Gasteiger partial charge in [-0.1, -0.05) is 0 Å². The number of sulfonamides is 2. The summed E-state index contributed by atoms with van der Waals surface area (Å²) in [5.41, 5.74) is 6.15. The van der Waals surface area contributed by atoms with Crippen molar-refractivity contribution < 1.29 is 27.0 Å². The summed E-state index contributed by atoms with van der Waals surface area (Å²) in [6.45, 7) is -1.10. The van der Waals surface area contributed by atoms with Crippen LogP contribution in [0.3, 0.4) is 0 Å². The number of aliphatic hydroxyl groups is 2. The second-order valence-corrected chi connectivity index (χ2v) is 9.17. The van der Waals surface area contributed by atoms with Crippen LogP contribution in [0.15, 0.2) is 58.3 Å². The van der Waals surface area contributed by atoms with Gasteiger partial charge in [-0.15, -0.1) is 0 Å². The van der Waals surface area contributed by atoms with Crippen molar-refractivity contribution in [3.63, 3.8) is 0 Å². The van der Waals surface area contributed by atoms with Gasteiger partial charge in [0, 0.05) is 24.5 Å². The minimum Gasteiger partial charge on any atom is -0.399 e. The fourth-order valence-electron chi connectivity index (χ4n) is 2.28. The van der Waals surface area contributed by atoms with E-state index in [9.17, 15) is 16.8 Å². The highest BCUT2D eigenvalue weighted by atomic mass is 32.2. The van der Waals surface area contributed by atoms with Gasteiger partial charge in [-0.25, -0.2) is 16.8 Å². The van der Waals surface area contributed by atoms with E-state index in [-0.39, 0.29) is 28.6 Å². The lowest BCUT2D eigenvalue weighted by Crippen LogP contribution is -2.35. The van der Waals surface area contributed by atoms with E-state index in [2.05, 4.69) is 4.72 Å². The number of aliphatic hydroxyl groups excluding tert-OH is 2. The molecule has 0 heterocycles. The third-order valence-electron chi connectivity index (χ3n) is 3.63. The largest absolute Gasteiger partial charge is 0.399 e. The summed E-state index contributed by atoms with van der Waals surface area (Å²) in [5.74, 6) is 0. The Morgan fingerprint density at radius 3 is 1.78 bits per heavy atom. The van der Waals surface area contributed by atoms with Gasteiger partial charge in [0.15, 0.2) is 0 Å². The van der Waals surface area contributed by atoms with Crippen molar-refractivity contribution in [1.29, 1.82) is 0 Å². The Morgan fingerprint density at radius 1 is 0.815 bits per heavy atom. The molecule has 11 heteroatoms. The molecule has 148 valence electrons. The lowest BCUT2D eigenvalue weighted by molar-refractivity contribution is 0.217. The standard InChI is InChI=1S/C16H21N3O6S2/c17-13-1-5-15(6-2-13)26(22,23)18-14-3-7-16(8-4-14)27(24,25)19(9-11-20)10-12-21/h1-8,18,20-21H,9-12,17H2. The van der Waals surface area contributed by atoms with E-state index in [1.807, 2.05) is 0 Å². The van der Waals surface area contributed by atoms with Crippen LogP contribution in [0.25, 0.3) is 0 Å². The molecular weight excluding hydrogens is 394 g/mol. The molecule has 0 radical (unpaired) electrons. The molecule has 0 unspecified atom stereocenters. The van der Waals surface area contributed by atoms with Crippen molar-refractivity contribution in [2.45, 2.75) is 9.79 Å². The van der Waals surface area contributed by atoms with Gasteiger partial charge in [-0.2, -0.15) is 4.31 Å². The topological polar surface area (TPSA) is 150 Å². The summed E-state index contributed by atoms with van der Waals surface area (Å²) in [4.78, 5) is -0.0645. The quantitative estimate of drug-likeness (QED) is 0.422. The molecule has 0 aliphatic heterocycles. The van der Waals surface area contributed by atoms with Gasteiger partial charge in [0.05, 0.1) is 23.0 Å². The van der Waals surface area contributed by atoms with Crippen molar-refractivity contribution in [2.75, 3.05) is 36.8 Å². The van der Waals surface area contributed by atoms with Crippen molar-refractivity contribution in [3.05, 3.63) is 48.5 Å². The first-order chi connectivity index (χ1) is 12.7. The van der Waals surface area contributed by atoms with Crippen LogP contribution in [0.4, 0.5) is 11.4 Å². The SMILES string of the molecule is Nc1ccc(S(=O)(=O)Nc2ccc(S(=O)(=O)N(CCO)CCO)cc2)cc1. The minimum atomic E-state index is -3.92. The second kappa shape index (κ2) is 8.67. The number of hydrogen-bond acceptors (Lipinski definition) is 7. The Hall–Kier alpha value is -2.18. The van der Waals surface area contributed by atoms with Crippen molar-refractivity contribution in [1.82, 2.24) is 4.31 Å². The highest BCUT2D eigenvalue weighted by molar-refractivity contribution is 7.92. The summed E-state index contributed by atoms with van der Waals surface area (Å²) in [6, 6.07) is 10.8. The van der Waals surface area contributed by atoms with Gasteiger partial charge in [0.2, 0.25) is 10.0 Å². The molecule has 0 fully saturated rings. The second-order valence-electron chi connectivity index (χ2n) is 5.55. The molecular formula is C16H21N3O6S2. The zero-order valence-corrected chi connectivity index (χ0v) is 15.9. The van der Waals surface area contributed by atoms with Gasteiger partial charge in [-0.05, 0) is 48.5 Å². The predicted molar refractivity (Wildman–Crippen MR) is 101 cm³/mol. The Balaban J connectivity index is 2.22. The molecule has 0 saturated heterocycles. The van der Waals surface area contributed by atoms with E-state index in [1.54, 1.807) is 0 Å². The predicted octanol–water partition coefficient (Wildman–Crippen LogP) is 0.0449. The summed E-state index contributed by atoms with van der Waals surface area (Å²) >= 11 is 0. The van der Waals surface area contributed by atoms with Crippen molar-refractivity contribution in [3.8, 4) is 0 Å². The summed E-state index contributed by atoms with van der Waals surface area (Å²) in [7, 11) is -7.76. The number of rotatable bonds is 9. The van der Waals surface area contributed by atoms with E-state index < -0.39 is 33.3 Å². The lowest BCUT2D eigenvalue weighted by atomic mass is 10.3. The normalized spacial score (nSPS) is 12.3. The van der Waals surface area contributed by atoms with Gasteiger partial charge in [0.25, 0.3) is 10.0 Å². The number of nitrogens with two attached hydrogens (primary N) is 1. The Kier molecular flexibility index (Phi) is 6.78. The van der Waals surface area contributed by atoms with E-state index >= 15 is 0 Å². The van der Waals surface area contributed by atoms with E-state index in [1.165, 1.54) is 48.5 Å². The zero-order chi connectivity index (χ0) is 20.1. The number of benzene rings is 2. The first-order valence-corrected chi connectivity index (χ1v) is 10.8. The van der Waals surface area contributed by atoms with Crippen LogP contribution in [0.1, 0.15) is 0 Å². The number of nitrogen functional groups attached to an aromatic ring is 1. The highest BCUT2D eigenvalue weighted by Gasteiger charge is 2.23. The molecule has 0 bridgehead atoms. The van der Waals surface area contributed by atoms with Gasteiger partial charge >= 0.3 is 0 Å². The van der Waals surface area contributed by atoms with Gasteiger partial charge in [-0.3, -0.25) is 4.72 Å². The van der Waals surface area contributed by atoms with Crippen LogP contribution < -0.4 is 10.5 Å². The smallest absolute Gasteiger partial charge is 0.261 e. The Morgan fingerprint density at radius 2 is 1.30 bits per heavy atom. The first-order valence-electron chi connectivity index (χ1n) is 7.91. The Labute approximate surface area is 158 Å². The number of hydrogen-bond donors (Lipinski definition) is 4. The third kappa shape index (κ3) is 5.17. The first kappa shape index (κ1) is 21.1. The maximum atomic E-state index is 12.5. The third-order valence-corrected chi connectivity index (χ3v) is 6.94. The number of anilines is 2.